The van der Waals surface area contributed by atoms with E-state index in [1.54, 1.807) is 55.6 Å². The average molecular weight is 388 g/mol. The Bertz CT molecular complexity index is 955. The number of rotatable bonds is 5. The van der Waals surface area contributed by atoms with Crippen LogP contribution < -0.4 is 4.31 Å². The van der Waals surface area contributed by atoms with E-state index in [9.17, 15) is 17.6 Å². The Morgan fingerprint density at radius 2 is 1.89 bits per heavy atom. The Hall–Kier alpha value is -2.67. The molecule has 1 aliphatic rings. The van der Waals surface area contributed by atoms with Crippen LogP contribution in [0.4, 0.5) is 10.1 Å². The quantitative estimate of drug-likeness (QED) is 0.740. The number of carbonyl (C=O) groups excluding carboxylic acids is 1. The predicted octanol–water partition coefficient (Wildman–Crippen LogP) is 3.04. The molecular formula is C20H21FN2O3S. The molecule has 0 spiro atoms. The normalized spacial score (nSPS) is 16.0. The molecule has 142 valence electrons. The van der Waals surface area contributed by atoms with Gasteiger partial charge in [-0.2, -0.15) is 0 Å². The first-order chi connectivity index (χ1) is 12.9. The van der Waals surface area contributed by atoms with Crippen molar-refractivity contribution >= 4 is 27.7 Å². The molecule has 27 heavy (non-hydrogen) atoms. The SMILES string of the molecule is CN(Cc1ccccc1F)C(=O)/C=C/c1ccc(N2CCCS2(=O)=O)cc1. The van der Waals surface area contributed by atoms with Crippen molar-refractivity contribution in [2.75, 3.05) is 23.7 Å². The third-order valence-corrected chi connectivity index (χ3v) is 6.31. The van der Waals surface area contributed by atoms with Gasteiger partial charge in [-0.3, -0.25) is 9.10 Å². The average Bonchev–Trinajstić information content (AvgIpc) is 3.01. The number of hydrogen-bond acceptors (Lipinski definition) is 3. The monoisotopic (exact) mass is 388 g/mol. The van der Waals surface area contributed by atoms with Crippen molar-refractivity contribution in [3.63, 3.8) is 0 Å². The van der Waals surface area contributed by atoms with Crippen molar-refractivity contribution in [2.45, 2.75) is 13.0 Å². The van der Waals surface area contributed by atoms with E-state index in [1.165, 1.54) is 21.3 Å². The maximum absolute atomic E-state index is 13.7. The van der Waals surface area contributed by atoms with E-state index in [0.717, 1.165) is 5.56 Å². The maximum atomic E-state index is 13.7. The smallest absolute Gasteiger partial charge is 0.246 e. The number of nitrogens with zero attached hydrogens (tertiary/aromatic N) is 2. The van der Waals surface area contributed by atoms with Crippen molar-refractivity contribution in [1.29, 1.82) is 0 Å². The molecule has 1 saturated heterocycles. The Morgan fingerprint density at radius 1 is 1.19 bits per heavy atom. The highest BCUT2D eigenvalue weighted by Crippen LogP contribution is 2.24. The van der Waals surface area contributed by atoms with Gasteiger partial charge in [-0.05, 0) is 36.3 Å². The van der Waals surface area contributed by atoms with Gasteiger partial charge in [0.1, 0.15) is 5.82 Å². The van der Waals surface area contributed by atoms with Gasteiger partial charge in [0.25, 0.3) is 0 Å². The molecule has 2 aromatic carbocycles. The van der Waals surface area contributed by atoms with Crippen LogP contribution >= 0.6 is 0 Å². The van der Waals surface area contributed by atoms with Crippen molar-refractivity contribution in [1.82, 2.24) is 4.90 Å². The molecule has 5 nitrogen and oxygen atoms in total. The van der Waals surface area contributed by atoms with E-state index in [2.05, 4.69) is 0 Å². The standard InChI is InChI=1S/C20H21FN2O3S/c1-22(15-17-5-2-3-6-19(17)21)20(24)12-9-16-7-10-18(11-8-16)23-13-4-14-27(23,25)26/h2-3,5-12H,4,13-15H2,1H3/b12-9+. The number of amides is 1. The van der Waals surface area contributed by atoms with Crippen LogP contribution in [0, 0.1) is 5.82 Å². The van der Waals surface area contributed by atoms with Crippen LogP contribution in [0.3, 0.4) is 0 Å². The summed E-state index contributed by atoms with van der Waals surface area (Å²) in [5.74, 6) is -0.407. The molecule has 1 amide bonds. The van der Waals surface area contributed by atoms with Gasteiger partial charge < -0.3 is 4.90 Å². The molecule has 0 N–H and O–H groups in total. The van der Waals surface area contributed by atoms with Crippen LogP contribution in [0.2, 0.25) is 0 Å². The zero-order valence-electron chi connectivity index (χ0n) is 15.0. The lowest BCUT2D eigenvalue weighted by Gasteiger charge is -2.17. The highest BCUT2D eigenvalue weighted by atomic mass is 32.2. The molecule has 1 heterocycles. The van der Waals surface area contributed by atoms with E-state index in [4.69, 9.17) is 0 Å². The third kappa shape index (κ3) is 4.54. The number of likely N-dealkylation sites (N-methyl/N-ethyl adjacent to an activating group) is 1. The zero-order chi connectivity index (χ0) is 19.4. The van der Waals surface area contributed by atoms with Crippen LogP contribution in [0.1, 0.15) is 17.5 Å². The van der Waals surface area contributed by atoms with E-state index in [0.29, 0.717) is 24.2 Å². The van der Waals surface area contributed by atoms with E-state index in [1.807, 2.05) is 0 Å². The van der Waals surface area contributed by atoms with Gasteiger partial charge in [0.05, 0.1) is 11.4 Å². The van der Waals surface area contributed by atoms with E-state index < -0.39 is 10.0 Å². The van der Waals surface area contributed by atoms with Gasteiger partial charge >= 0.3 is 0 Å². The summed E-state index contributed by atoms with van der Waals surface area (Å²) in [6.45, 7) is 0.679. The number of halogens is 1. The zero-order valence-corrected chi connectivity index (χ0v) is 15.8. The van der Waals surface area contributed by atoms with Crippen LogP contribution in [0.5, 0.6) is 0 Å². The summed E-state index contributed by atoms with van der Waals surface area (Å²) in [5, 5.41) is 0. The van der Waals surface area contributed by atoms with Crippen LogP contribution in [-0.2, 0) is 21.4 Å². The Labute approximate surface area is 158 Å². The summed E-state index contributed by atoms with van der Waals surface area (Å²) in [6, 6.07) is 13.4. The van der Waals surface area contributed by atoms with Gasteiger partial charge in [0.15, 0.2) is 0 Å². The lowest BCUT2D eigenvalue weighted by molar-refractivity contribution is -0.125. The second kappa shape index (κ2) is 7.92. The Balaban J connectivity index is 1.63. The third-order valence-electron chi connectivity index (χ3n) is 4.44. The molecule has 0 aliphatic carbocycles. The van der Waals surface area contributed by atoms with Gasteiger partial charge in [0, 0.05) is 31.8 Å². The second-order valence-electron chi connectivity index (χ2n) is 6.45. The van der Waals surface area contributed by atoms with Gasteiger partial charge in [0.2, 0.25) is 15.9 Å². The molecule has 0 saturated carbocycles. The highest BCUT2D eigenvalue weighted by molar-refractivity contribution is 7.93. The summed E-state index contributed by atoms with van der Waals surface area (Å²) in [6.07, 6.45) is 3.71. The molecule has 1 fully saturated rings. The Morgan fingerprint density at radius 3 is 2.52 bits per heavy atom. The molecule has 0 atom stereocenters. The molecule has 2 aromatic rings. The van der Waals surface area contributed by atoms with Crippen LogP contribution in [0.15, 0.2) is 54.6 Å². The fourth-order valence-electron chi connectivity index (χ4n) is 2.94. The highest BCUT2D eigenvalue weighted by Gasteiger charge is 2.28. The minimum atomic E-state index is -3.20. The number of anilines is 1. The largest absolute Gasteiger partial charge is 0.338 e. The fraction of sp³-hybridized carbons (Fsp3) is 0.250. The van der Waals surface area contributed by atoms with Crippen molar-refractivity contribution < 1.29 is 17.6 Å². The molecule has 0 bridgehead atoms. The molecule has 7 heteroatoms. The number of benzene rings is 2. The van der Waals surface area contributed by atoms with E-state index >= 15 is 0 Å². The summed E-state index contributed by atoms with van der Waals surface area (Å²) < 4.78 is 39.0. The summed E-state index contributed by atoms with van der Waals surface area (Å²) >= 11 is 0. The van der Waals surface area contributed by atoms with Gasteiger partial charge in [-0.1, -0.05) is 30.3 Å². The lowest BCUT2D eigenvalue weighted by atomic mass is 10.1. The maximum Gasteiger partial charge on any atom is 0.246 e. The number of hydrogen-bond donors (Lipinski definition) is 0. The first-order valence-corrected chi connectivity index (χ1v) is 10.2. The minimum Gasteiger partial charge on any atom is -0.338 e. The van der Waals surface area contributed by atoms with Crippen LogP contribution in [0.25, 0.3) is 6.08 Å². The summed E-state index contributed by atoms with van der Waals surface area (Å²) in [4.78, 5) is 13.7. The summed E-state index contributed by atoms with van der Waals surface area (Å²) in [7, 11) is -1.59. The lowest BCUT2D eigenvalue weighted by Crippen LogP contribution is -2.25. The minimum absolute atomic E-state index is 0.178. The topological polar surface area (TPSA) is 57.7 Å². The first kappa shape index (κ1) is 19.1. The van der Waals surface area contributed by atoms with E-state index in [-0.39, 0.29) is 24.0 Å². The summed E-state index contributed by atoms with van der Waals surface area (Å²) in [5.41, 5.74) is 1.87. The van der Waals surface area contributed by atoms with Gasteiger partial charge in [-0.25, -0.2) is 12.8 Å². The first-order valence-electron chi connectivity index (χ1n) is 8.64. The van der Waals surface area contributed by atoms with Crippen molar-refractivity contribution in [3.8, 4) is 0 Å². The number of carbonyl (C=O) groups is 1. The van der Waals surface area contributed by atoms with Gasteiger partial charge in [-0.15, -0.1) is 0 Å². The Kier molecular flexibility index (Phi) is 5.60. The molecule has 1 aliphatic heterocycles. The molecule has 3 rings (SSSR count). The molecule has 0 unspecified atom stereocenters. The van der Waals surface area contributed by atoms with Crippen molar-refractivity contribution in [3.05, 3.63) is 71.6 Å². The second-order valence-corrected chi connectivity index (χ2v) is 8.47. The van der Waals surface area contributed by atoms with Crippen LogP contribution in [-0.4, -0.2) is 38.6 Å². The molecule has 0 radical (unpaired) electrons. The van der Waals surface area contributed by atoms with Crippen molar-refractivity contribution in [2.24, 2.45) is 0 Å². The predicted molar refractivity (Wildman–Crippen MR) is 104 cm³/mol. The molecule has 0 aromatic heterocycles. The number of sulfonamides is 1. The fourth-order valence-corrected chi connectivity index (χ4v) is 4.50. The molecular weight excluding hydrogens is 367 g/mol.